The van der Waals surface area contributed by atoms with Crippen molar-refractivity contribution in [3.8, 4) is 0 Å². The molecule has 3 nitrogen and oxygen atoms in total. The molecule has 0 fully saturated rings. The minimum absolute atomic E-state index is 0.139. The van der Waals surface area contributed by atoms with Gasteiger partial charge in [-0.3, -0.25) is 5.41 Å². The molecule has 1 heterocycles. The second-order valence-corrected chi connectivity index (χ2v) is 6.97. The van der Waals surface area contributed by atoms with Crippen LogP contribution in [0.15, 0.2) is 70.6 Å². The molecule has 0 aliphatic carbocycles. The standard InChI is InChI=1S/C18H15N3S2/c1-12-6-9-14(10-7-12)23-18(22)21-17(19)16-11-8-13-4-2-3-5-15(13)20-16/h2-11H,1H3,(H2,19,21,22)/p+1. The van der Waals surface area contributed by atoms with Crippen LogP contribution in [0.25, 0.3) is 10.9 Å². The predicted molar refractivity (Wildman–Crippen MR) is 103 cm³/mol. The number of rotatable bonds is 2. The molecule has 0 amide bonds. The fourth-order valence-electron chi connectivity index (χ4n) is 2.10. The largest absolute Gasteiger partial charge is 0.284 e. The molecule has 23 heavy (non-hydrogen) atoms. The molecule has 0 aliphatic rings. The Bertz CT molecular complexity index is 886. The zero-order valence-corrected chi connectivity index (χ0v) is 14.4. The van der Waals surface area contributed by atoms with Crippen molar-refractivity contribution in [3.63, 3.8) is 0 Å². The van der Waals surface area contributed by atoms with Gasteiger partial charge >= 0.3 is 0 Å². The molecule has 1 N–H and O–H groups in total. The van der Waals surface area contributed by atoms with E-state index in [0.29, 0.717) is 10.1 Å². The van der Waals surface area contributed by atoms with E-state index >= 15 is 0 Å². The molecule has 1 aromatic heterocycles. The molecule has 0 radical (unpaired) electrons. The molecular weight excluding hydrogens is 322 g/mol. The summed E-state index contributed by atoms with van der Waals surface area (Å²) in [6, 6.07) is 19.8. The van der Waals surface area contributed by atoms with Crippen LogP contribution < -0.4 is 0 Å². The molecule has 0 saturated heterocycles. The van der Waals surface area contributed by atoms with Crippen molar-refractivity contribution < 1.29 is 0 Å². The number of hydrogen-bond acceptors (Lipinski definition) is 3. The lowest BCUT2D eigenvalue weighted by atomic mass is 10.2. The van der Waals surface area contributed by atoms with Gasteiger partial charge in [0.15, 0.2) is 5.84 Å². The third-order valence-electron chi connectivity index (χ3n) is 3.29. The van der Waals surface area contributed by atoms with E-state index in [0.717, 1.165) is 15.8 Å². The first-order chi connectivity index (χ1) is 11.1. The van der Waals surface area contributed by atoms with Crippen molar-refractivity contribution >= 4 is 45.5 Å². The van der Waals surface area contributed by atoms with E-state index in [2.05, 4.69) is 41.7 Å². The molecule has 0 bridgehead atoms. The van der Waals surface area contributed by atoms with Crippen molar-refractivity contribution in [1.82, 2.24) is 4.98 Å². The van der Waals surface area contributed by atoms with Gasteiger partial charge in [-0.05, 0) is 43.0 Å². The van der Waals surface area contributed by atoms with E-state index in [-0.39, 0.29) is 5.84 Å². The van der Waals surface area contributed by atoms with Crippen LogP contribution in [0.5, 0.6) is 0 Å². The summed E-state index contributed by atoms with van der Waals surface area (Å²) in [4.78, 5) is 9.84. The number of aryl methyl sites for hydroxylation is 1. The quantitative estimate of drug-likeness (QED) is 0.332. The van der Waals surface area contributed by atoms with Crippen LogP contribution in [0.3, 0.4) is 0 Å². The molecule has 0 aliphatic heterocycles. The highest BCUT2D eigenvalue weighted by molar-refractivity contribution is 8.27. The van der Waals surface area contributed by atoms with Gasteiger partial charge in [0.2, 0.25) is 0 Å². The van der Waals surface area contributed by atoms with Crippen molar-refractivity contribution in [2.24, 2.45) is 4.99 Å². The highest BCUT2D eigenvalue weighted by atomic mass is 32.2. The fraction of sp³-hybridized carbons (Fsp3) is 0.0556. The summed E-state index contributed by atoms with van der Waals surface area (Å²) in [5.41, 5.74) is 2.64. The SMILES string of the molecule is Cc1ccc(SC([SH2+])=NC(=N)c2ccc3ccccc3n2)cc1. The zero-order valence-electron chi connectivity index (χ0n) is 12.6. The molecule has 0 unspecified atom stereocenters. The summed E-state index contributed by atoms with van der Waals surface area (Å²) in [7, 11) is 0. The summed E-state index contributed by atoms with van der Waals surface area (Å²) in [5, 5.41) is 9.20. The highest BCUT2D eigenvalue weighted by Crippen LogP contribution is 2.20. The number of nitrogens with one attached hydrogen (secondary N) is 1. The van der Waals surface area contributed by atoms with Gasteiger partial charge in [-0.15, -0.1) is 0 Å². The number of para-hydroxylation sites is 1. The lowest BCUT2D eigenvalue weighted by Gasteiger charge is -2.01. The fourth-order valence-corrected chi connectivity index (χ4v) is 3.20. The number of amidine groups is 1. The normalized spacial score (nSPS) is 11.7. The van der Waals surface area contributed by atoms with E-state index < -0.39 is 0 Å². The summed E-state index contributed by atoms with van der Waals surface area (Å²) in [5.74, 6) is 0.139. The van der Waals surface area contributed by atoms with Crippen LogP contribution in [0, 0.1) is 12.3 Å². The molecule has 2 aromatic carbocycles. The van der Waals surface area contributed by atoms with Crippen molar-refractivity contribution in [1.29, 1.82) is 5.41 Å². The maximum Gasteiger partial charge on any atom is 0.284 e. The molecule has 0 spiro atoms. The third-order valence-corrected chi connectivity index (χ3v) is 4.50. The number of fused-ring (bicyclic) bond motifs is 1. The van der Waals surface area contributed by atoms with Crippen molar-refractivity contribution in [2.45, 2.75) is 11.8 Å². The van der Waals surface area contributed by atoms with E-state index in [4.69, 9.17) is 5.41 Å². The monoisotopic (exact) mass is 338 g/mol. The van der Waals surface area contributed by atoms with E-state index in [1.807, 2.05) is 48.5 Å². The smallest absolute Gasteiger partial charge is 0.281 e. The third kappa shape index (κ3) is 4.00. The Labute approximate surface area is 144 Å². The summed E-state index contributed by atoms with van der Waals surface area (Å²) in [6.07, 6.45) is 0. The first kappa shape index (κ1) is 15.8. The van der Waals surface area contributed by atoms with Crippen molar-refractivity contribution in [2.75, 3.05) is 0 Å². The average molecular weight is 338 g/mol. The summed E-state index contributed by atoms with van der Waals surface area (Å²) >= 11 is 4.95. The maximum atomic E-state index is 8.14. The van der Waals surface area contributed by atoms with Gasteiger partial charge in [-0.1, -0.05) is 42.0 Å². The van der Waals surface area contributed by atoms with Crippen LogP contribution in [0.2, 0.25) is 0 Å². The second kappa shape index (κ2) is 6.98. The summed E-state index contributed by atoms with van der Waals surface area (Å²) in [6.45, 7) is 2.05. The Kier molecular flexibility index (Phi) is 4.79. The van der Waals surface area contributed by atoms with Crippen LogP contribution in [0.4, 0.5) is 0 Å². The maximum absolute atomic E-state index is 8.14. The first-order valence-corrected chi connectivity index (χ1v) is 8.43. The number of pyridine rings is 1. The predicted octanol–water partition coefficient (Wildman–Crippen LogP) is 4.03. The minimum Gasteiger partial charge on any atom is -0.281 e. The van der Waals surface area contributed by atoms with Crippen LogP contribution >= 0.6 is 11.8 Å². The van der Waals surface area contributed by atoms with Gasteiger partial charge < -0.3 is 0 Å². The summed E-state index contributed by atoms with van der Waals surface area (Å²) < 4.78 is 0.633. The van der Waals surface area contributed by atoms with Crippen molar-refractivity contribution in [3.05, 3.63) is 71.9 Å². The average Bonchev–Trinajstić information content (AvgIpc) is 2.56. The van der Waals surface area contributed by atoms with Crippen LogP contribution in [-0.2, 0) is 12.6 Å². The van der Waals surface area contributed by atoms with Gasteiger partial charge in [-0.2, -0.15) is 4.99 Å². The lowest BCUT2D eigenvalue weighted by molar-refractivity contribution is 1.31. The first-order valence-electron chi connectivity index (χ1n) is 7.11. The molecule has 114 valence electrons. The molecule has 5 heteroatoms. The van der Waals surface area contributed by atoms with Gasteiger partial charge in [-0.25, -0.2) is 4.98 Å². The van der Waals surface area contributed by atoms with Crippen LogP contribution in [-0.4, -0.2) is 15.2 Å². The molecule has 0 atom stereocenters. The van der Waals surface area contributed by atoms with E-state index in [9.17, 15) is 0 Å². The lowest BCUT2D eigenvalue weighted by Crippen LogP contribution is -2.01. The Hall–Kier alpha value is -2.11. The van der Waals surface area contributed by atoms with E-state index in [1.165, 1.54) is 17.3 Å². The number of aromatic nitrogens is 1. The second-order valence-electron chi connectivity index (χ2n) is 5.07. The molecule has 3 aromatic rings. The number of benzene rings is 2. The number of hydrogen-bond donors (Lipinski definition) is 1. The highest BCUT2D eigenvalue weighted by Gasteiger charge is 2.09. The number of nitrogens with zero attached hydrogens (tertiary/aromatic N) is 2. The molecule has 3 rings (SSSR count). The van der Waals surface area contributed by atoms with Crippen LogP contribution in [0.1, 0.15) is 11.3 Å². The van der Waals surface area contributed by atoms with Gasteiger partial charge in [0.1, 0.15) is 5.69 Å². The van der Waals surface area contributed by atoms with Gasteiger partial charge in [0, 0.05) is 22.9 Å². The Morgan fingerprint density at radius 2 is 1.78 bits per heavy atom. The Morgan fingerprint density at radius 1 is 1.04 bits per heavy atom. The number of aliphatic imine (C=N–C) groups is 1. The van der Waals surface area contributed by atoms with Gasteiger partial charge in [0.05, 0.1) is 5.52 Å². The van der Waals surface area contributed by atoms with E-state index in [1.54, 1.807) is 0 Å². The van der Waals surface area contributed by atoms with Gasteiger partial charge in [0.25, 0.3) is 4.38 Å². The Balaban J connectivity index is 1.79. The molecule has 0 saturated carbocycles. The zero-order chi connectivity index (χ0) is 16.2. The minimum atomic E-state index is 0.139. The molecular formula is C18H16N3S2+. The Morgan fingerprint density at radius 3 is 2.57 bits per heavy atom. The number of thioether (sulfide) groups is 1. The topological polar surface area (TPSA) is 49.1 Å².